The van der Waals surface area contributed by atoms with Crippen molar-refractivity contribution in [2.75, 3.05) is 0 Å². The molecule has 0 amide bonds. The van der Waals surface area contributed by atoms with Gasteiger partial charge in [0.15, 0.2) is 0 Å². The molecule has 0 saturated carbocycles. The minimum absolute atomic E-state index is 0. The minimum Gasteiger partial charge on any atom is -0.343 e. The van der Waals surface area contributed by atoms with Crippen LogP contribution in [0.25, 0.3) is 0 Å². The van der Waals surface area contributed by atoms with Gasteiger partial charge in [-0.05, 0) is 0 Å². The molecule has 0 aliphatic carbocycles. The van der Waals surface area contributed by atoms with Gasteiger partial charge in [-0.2, -0.15) is 12.8 Å². The van der Waals surface area contributed by atoms with E-state index in [1.807, 2.05) is 0 Å². The van der Waals surface area contributed by atoms with Gasteiger partial charge in [0.2, 0.25) is 0 Å². The van der Waals surface area contributed by atoms with Crippen molar-refractivity contribution in [3.63, 3.8) is 0 Å². The van der Waals surface area contributed by atoms with Crippen LogP contribution in [0.2, 0.25) is 0 Å². The van der Waals surface area contributed by atoms with Gasteiger partial charge in [0.05, 0.1) is 0 Å². The second-order valence-corrected chi connectivity index (χ2v) is 3.12. The zero-order chi connectivity index (χ0) is 9.66. The van der Waals surface area contributed by atoms with Gasteiger partial charge in [0.25, 0.3) is 0 Å². The molecule has 0 bridgehead atoms. The van der Waals surface area contributed by atoms with Gasteiger partial charge in [-0.1, -0.05) is 52.4 Å². The van der Waals surface area contributed by atoms with E-state index in [1.165, 1.54) is 38.5 Å². The molecule has 0 aromatic carbocycles. The van der Waals surface area contributed by atoms with Crippen molar-refractivity contribution in [3.8, 4) is 0 Å². The van der Waals surface area contributed by atoms with Crippen LogP contribution in [-0.2, 0) is 22.4 Å². The Morgan fingerprint density at radius 2 is 1.00 bits per heavy atom. The predicted octanol–water partition coefficient (Wildman–Crippen LogP) is 4.80. The Labute approximate surface area is 101 Å². The van der Waals surface area contributed by atoms with E-state index in [0.29, 0.717) is 0 Å². The third-order valence-electron chi connectivity index (χ3n) is 1.71. The fourth-order valence-electron chi connectivity index (χ4n) is 0.854. The van der Waals surface area contributed by atoms with Crippen LogP contribution in [0.1, 0.15) is 65.2 Å². The topological polar surface area (TPSA) is 0 Å². The first kappa shape index (κ1) is 19.3. The monoisotopic (exact) mass is 367 g/mol. The summed E-state index contributed by atoms with van der Waals surface area (Å²) in [6.45, 7) is 11.9. The SMILES string of the molecule is [Au].[CH2-]CCCCC.[CH2-]CCCCC. The van der Waals surface area contributed by atoms with Crippen molar-refractivity contribution in [1.82, 2.24) is 0 Å². The molecule has 0 unspecified atom stereocenters. The average molecular weight is 367 g/mol. The molecule has 1 heteroatoms. The maximum atomic E-state index is 3.72. The zero-order valence-corrected chi connectivity index (χ0v) is 11.5. The smallest absolute Gasteiger partial charge is 0 e. The summed E-state index contributed by atoms with van der Waals surface area (Å²) in [7, 11) is 0. The second-order valence-electron chi connectivity index (χ2n) is 3.12. The Balaban J connectivity index is -0.000000143. The molecule has 0 fully saturated rings. The molecular formula is C12H26Au-2. The molecule has 0 aromatic rings. The van der Waals surface area contributed by atoms with Gasteiger partial charge < -0.3 is 13.8 Å². The third kappa shape index (κ3) is 32.3. The molecule has 0 atom stereocenters. The van der Waals surface area contributed by atoms with E-state index in [9.17, 15) is 0 Å². The summed E-state index contributed by atoms with van der Waals surface area (Å²) in [6.07, 6.45) is 10.1. The second kappa shape index (κ2) is 23.0. The molecule has 0 rings (SSSR count). The van der Waals surface area contributed by atoms with E-state index < -0.39 is 0 Å². The van der Waals surface area contributed by atoms with E-state index in [1.54, 1.807) is 0 Å². The van der Waals surface area contributed by atoms with Crippen molar-refractivity contribution in [2.24, 2.45) is 0 Å². The fraction of sp³-hybridized carbons (Fsp3) is 0.833. The Kier molecular flexibility index (Phi) is 34.2. The van der Waals surface area contributed by atoms with Crippen LogP contribution in [0.3, 0.4) is 0 Å². The largest absolute Gasteiger partial charge is 0.343 e. The summed E-state index contributed by atoms with van der Waals surface area (Å²) in [4.78, 5) is 0. The molecule has 0 aromatic heterocycles. The van der Waals surface area contributed by atoms with Crippen LogP contribution < -0.4 is 0 Å². The summed E-state index contributed by atoms with van der Waals surface area (Å²) < 4.78 is 0. The van der Waals surface area contributed by atoms with E-state index in [4.69, 9.17) is 0 Å². The Hall–Kier alpha value is 0.740. The fourth-order valence-corrected chi connectivity index (χ4v) is 0.854. The molecule has 0 heterocycles. The first-order valence-electron chi connectivity index (χ1n) is 5.41. The number of rotatable bonds is 6. The average Bonchev–Trinajstić information content (AvgIpc) is 2.12. The van der Waals surface area contributed by atoms with Crippen molar-refractivity contribution in [3.05, 3.63) is 13.8 Å². The first-order valence-corrected chi connectivity index (χ1v) is 5.41. The van der Waals surface area contributed by atoms with Gasteiger partial charge in [-0.15, -0.1) is 0 Å². The zero-order valence-electron chi connectivity index (χ0n) is 9.37. The normalized spacial score (nSPS) is 8.31. The minimum atomic E-state index is 0. The van der Waals surface area contributed by atoms with Crippen molar-refractivity contribution in [1.29, 1.82) is 0 Å². The van der Waals surface area contributed by atoms with E-state index in [0.717, 1.165) is 12.8 Å². The quantitative estimate of drug-likeness (QED) is 0.359. The Morgan fingerprint density at radius 3 is 1.08 bits per heavy atom. The summed E-state index contributed by atoms with van der Waals surface area (Å²) >= 11 is 0. The van der Waals surface area contributed by atoms with Crippen LogP contribution in [0.4, 0.5) is 0 Å². The maximum Gasteiger partial charge on any atom is 0 e. The molecule has 0 N–H and O–H groups in total. The van der Waals surface area contributed by atoms with Gasteiger partial charge in [0, 0.05) is 22.4 Å². The molecule has 0 nitrogen and oxygen atoms in total. The maximum absolute atomic E-state index is 3.72. The molecule has 87 valence electrons. The van der Waals surface area contributed by atoms with E-state index >= 15 is 0 Å². The van der Waals surface area contributed by atoms with Crippen molar-refractivity contribution >= 4 is 0 Å². The summed E-state index contributed by atoms with van der Waals surface area (Å²) in [6, 6.07) is 0. The van der Waals surface area contributed by atoms with Gasteiger partial charge in [0.1, 0.15) is 0 Å². The van der Waals surface area contributed by atoms with Crippen LogP contribution in [0.5, 0.6) is 0 Å². The predicted molar refractivity (Wildman–Crippen MR) is 59.0 cm³/mol. The number of unbranched alkanes of at least 4 members (excludes halogenated alkanes) is 6. The van der Waals surface area contributed by atoms with Crippen LogP contribution in [0, 0.1) is 13.8 Å². The molecule has 1 radical (unpaired) electrons. The van der Waals surface area contributed by atoms with Crippen LogP contribution in [-0.4, -0.2) is 0 Å². The Morgan fingerprint density at radius 1 is 0.692 bits per heavy atom. The van der Waals surface area contributed by atoms with Gasteiger partial charge in [-0.25, -0.2) is 0 Å². The summed E-state index contributed by atoms with van der Waals surface area (Å²) in [5.41, 5.74) is 0. The molecule has 13 heavy (non-hydrogen) atoms. The molecule has 0 saturated heterocycles. The molecular weight excluding hydrogens is 341 g/mol. The standard InChI is InChI=1S/2C6H13.Au/c2*1-3-5-6-4-2;/h2*1,3-6H2,2H3;/q2*-1;. The summed E-state index contributed by atoms with van der Waals surface area (Å²) in [5, 5.41) is 0. The van der Waals surface area contributed by atoms with E-state index in [-0.39, 0.29) is 22.4 Å². The number of hydrogen-bond donors (Lipinski definition) is 0. The van der Waals surface area contributed by atoms with Crippen molar-refractivity contribution < 1.29 is 22.4 Å². The van der Waals surface area contributed by atoms with Crippen LogP contribution >= 0.6 is 0 Å². The van der Waals surface area contributed by atoms with E-state index in [2.05, 4.69) is 27.7 Å². The van der Waals surface area contributed by atoms with Crippen molar-refractivity contribution in [2.45, 2.75) is 65.2 Å². The number of hydrogen-bond acceptors (Lipinski definition) is 0. The van der Waals surface area contributed by atoms with Gasteiger partial charge >= 0.3 is 0 Å². The van der Waals surface area contributed by atoms with Gasteiger partial charge in [-0.3, -0.25) is 0 Å². The molecule has 0 spiro atoms. The Bertz CT molecular complexity index is 37.1. The van der Waals surface area contributed by atoms with Crippen LogP contribution in [0.15, 0.2) is 0 Å². The summed E-state index contributed by atoms with van der Waals surface area (Å²) in [5.74, 6) is 0. The molecule has 0 aliphatic rings. The first-order chi connectivity index (χ1) is 5.83. The molecule has 0 aliphatic heterocycles. The third-order valence-corrected chi connectivity index (χ3v) is 1.71.